The van der Waals surface area contributed by atoms with Crippen LogP contribution in [0.3, 0.4) is 0 Å². The molecule has 36 heavy (non-hydrogen) atoms. The standard InChI is InChI=1S/C30H24N6/c1-21-27-28(24-16-10-11-19-31-24)35-26-18-9-8-17-25(26)34(20-22-12-4-2-5-13-22)30(35)32-29(27)36(33-21)23-14-6-3-7-15-23/h2-19,28H,20H2,1H3/t28-/m0/s1. The van der Waals surface area contributed by atoms with Gasteiger partial charge in [0, 0.05) is 11.8 Å². The zero-order chi connectivity index (χ0) is 24.1. The van der Waals surface area contributed by atoms with Crippen molar-refractivity contribution in [1.29, 1.82) is 0 Å². The maximum atomic E-state index is 5.31. The maximum absolute atomic E-state index is 5.31. The summed E-state index contributed by atoms with van der Waals surface area (Å²) in [5.41, 5.74) is 7.49. The Bertz CT molecular complexity index is 1570. The van der Waals surface area contributed by atoms with E-state index in [-0.39, 0.29) is 6.04 Å². The van der Waals surface area contributed by atoms with E-state index in [1.165, 1.54) is 5.56 Å². The summed E-state index contributed by atoms with van der Waals surface area (Å²) in [6.45, 7) is 2.79. The van der Waals surface area contributed by atoms with E-state index in [0.717, 1.165) is 52.3 Å². The zero-order valence-electron chi connectivity index (χ0n) is 19.9. The highest BCUT2D eigenvalue weighted by atomic mass is 15.5. The molecule has 7 rings (SSSR count). The number of fused-ring (bicyclic) bond motifs is 4. The van der Waals surface area contributed by atoms with Crippen molar-refractivity contribution in [3.8, 4) is 5.69 Å². The van der Waals surface area contributed by atoms with Gasteiger partial charge in [0.25, 0.3) is 0 Å². The Hall–Kier alpha value is -4.71. The summed E-state index contributed by atoms with van der Waals surface area (Å²) < 4.78 is 1.97. The number of anilines is 2. The fraction of sp³-hybridized carbons (Fsp3) is 0.100. The van der Waals surface area contributed by atoms with Gasteiger partial charge in [-0.15, -0.1) is 0 Å². The van der Waals surface area contributed by atoms with Crippen LogP contribution < -0.4 is 9.80 Å². The lowest BCUT2D eigenvalue weighted by molar-refractivity contribution is 0.783. The first kappa shape index (κ1) is 20.6. The van der Waals surface area contributed by atoms with Crippen molar-refractivity contribution >= 4 is 23.2 Å². The summed E-state index contributed by atoms with van der Waals surface area (Å²) in [6.07, 6.45) is 1.86. The minimum atomic E-state index is -0.145. The molecule has 0 unspecified atom stereocenters. The smallest absolute Gasteiger partial charge is 0.213 e. The molecule has 2 aliphatic rings. The van der Waals surface area contributed by atoms with Crippen LogP contribution in [0.15, 0.2) is 114 Å². The first-order valence-corrected chi connectivity index (χ1v) is 12.1. The molecule has 0 saturated carbocycles. The Kier molecular flexibility index (Phi) is 4.70. The Morgan fingerprint density at radius 2 is 1.44 bits per heavy atom. The van der Waals surface area contributed by atoms with Gasteiger partial charge >= 0.3 is 0 Å². The van der Waals surface area contributed by atoms with Gasteiger partial charge in [-0.25, -0.2) is 4.68 Å². The fourth-order valence-electron chi connectivity index (χ4n) is 5.28. The van der Waals surface area contributed by atoms with E-state index >= 15 is 0 Å². The van der Waals surface area contributed by atoms with Crippen molar-refractivity contribution < 1.29 is 0 Å². The van der Waals surface area contributed by atoms with E-state index in [4.69, 9.17) is 15.1 Å². The van der Waals surface area contributed by atoms with Crippen molar-refractivity contribution in [3.63, 3.8) is 0 Å². The van der Waals surface area contributed by atoms with Gasteiger partial charge in [-0.2, -0.15) is 10.1 Å². The van der Waals surface area contributed by atoms with E-state index in [0.29, 0.717) is 0 Å². The normalized spacial score (nSPS) is 15.8. The number of para-hydroxylation sites is 3. The van der Waals surface area contributed by atoms with Crippen LogP contribution in [0.4, 0.5) is 17.2 Å². The van der Waals surface area contributed by atoms with Crippen LogP contribution in [0.2, 0.25) is 0 Å². The number of hydrogen-bond donors (Lipinski definition) is 0. The van der Waals surface area contributed by atoms with Crippen molar-refractivity contribution in [1.82, 2.24) is 14.8 Å². The minimum absolute atomic E-state index is 0.145. The third-order valence-electron chi connectivity index (χ3n) is 6.86. The van der Waals surface area contributed by atoms with Crippen LogP contribution in [0.25, 0.3) is 5.69 Å². The van der Waals surface area contributed by atoms with Crippen LogP contribution in [0.1, 0.15) is 28.6 Å². The second-order valence-electron chi connectivity index (χ2n) is 9.07. The highest BCUT2D eigenvalue weighted by Gasteiger charge is 2.44. The molecule has 0 fully saturated rings. The summed E-state index contributed by atoms with van der Waals surface area (Å²) >= 11 is 0. The molecule has 4 heterocycles. The number of rotatable bonds is 4. The minimum Gasteiger partial charge on any atom is -0.305 e. The summed E-state index contributed by atoms with van der Waals surface area (Å²) in [5, 5.41) is 4.97. The van der Waals surface area contributed by atoms with E-state index in [2.05, 4.69) is 89.5 Å². The predicted molar refractivity (Wildman–Crippen MR) is 143 cm³/mol. The Labute approximate surface area is 209 Å². The summed E-state index contributed by atoms with van der Waals surface area (Å²) in [5.74, 6) is 1.74. The molecule has 0 saturated heterocycles. The number of benzene rings is 3. The number of hydrogen-bond acceptors (Lipinski definition) is 5. The summed E-state index contributed by atoms with van der Waals surface area (Å²) in [6, 6.07) is 35.3. The third-order valence-corrected chi connectivity index (χ3v) is 6.86. The van der Waals surface area contributed by atoms with E-state index < -0.39 is 0 Å². The lowest BCUT2D eigenvalue weighted by Crippen LogP contribution is -2.43. The number of aryl methyl sites for hydroxylation is 1. The highest BCUT2D eigenvalue weighted by Crippen LogP contribution is 2.50. The first-order chi connectivity index (χ1) is 17.8. The van der Waals surface area contributed by atoms with Crippen LogP contribution in [0.5, 0.6) is 0 Å². The number of nitrogens with zero attached hydrogens (tertiary/aromatic N) is 6. The monoisotopic (exact) mass is 468 g/mol. The Balaban J connectivity index is 1.49. The molecule has 0 spiro atoms. The van der Waals surface area contributed by atoms with Crippen molar-refractivity contribution in [2.75, 3.05) is 9.80 Å². The molecule has 5 aromatic rings. The molecule has 0 bridgehead atoms. The van der Waals surface area contributed by atoms with Gasteiger partial charge in [-0.1, -0.05) is 66.7 Å². The Morgan fingerprint density at radius 1 is 0.750 bits per heavy atom. The first-order valence-electron chi connectivity index (χ1n) is 12.1. The molecule has 2 aliphatic heterocycles. The fourth-order valence-corrected chi connectivity index (χ4v) is 5.28. The van der Waals surface area contributed by atoms with Gasteiger partial charge in [0.05, 0.1) is 35.0 Å². The molecule has 0 amide bonds. The highest BCUT2D eigenvalue weighted by molar-refractivity contribution is 6.18. The molecule has 174 valence electrons. The largest absolute Gasteiger partial charge is 0.305 e. The summed E-state index contributed by atoms with van der Waals surface area (Å²) in [7, 11) is 0. The average Bonchev–Trinajstić information content (AvgIpc) is 3.44. The van der Waals surface area contributed by atoms with Crippen molar-refractivity contribution in [2.24, 2.45) is 4.99 Å². The average molecular weight is 469 g/mol. The molecule has 2 aromatic heterocycles. The summed E-state index contributed by atoms with van der Waals surface area (Å²) in [4.78, 5) is 14.8. The lowest BCUT2D eigenvalue weighted by atomic mass is 9.99. The number of guanidine groups is 1. The number of aliphatic imine (C=N–C) groups is 1. The maximum Gasteiger partial charge on any atom is 0.213 e. The molecule has 3 aromatic carbocycles. The van der Waals surface area contributed by atoms with Crippen LogP contribution >= 0.6 is 0 Å². The molecule has 0 aliphatic carbocycles. The van der Waals surface area contributed by atoms with Gasteiger partial charge in [-0.3, -0.25) is 9.88 Å². The Morgan fingerprint density at radius 3 is 2.19 bits per heavy atom. The van der Waals surface area contributed by atoms with Gasteiger partial charge in [0.15, 0.2) is 5.82 Å². The predicted octanol–water partition coefficient (Wildman–Crippen LogP) is 6.19. The molecular formula is C30H24N6. The molecule has 1 atom stereocenters. The topological polar surface area (TPSA) is 49.6 Å². The van der Waals surface area contributed by atoms with Crippen LogP contribution in [-0.4, -0.2) is 20.7 Å². The molecule has 0 N–H and O–H groups in total. The van der Waals surface area contributed by atoms with E-state index in [1.807, 2.05) is 41.2 Å². The van der Waals surface area contributed by atoms with Crippen LogP contribution in [-0.2, 0) is 6.54 Å². The second-order valence-corrected chi connectivity index (χ2v) is 9.07. The molecule has 0 radical (unpaired) electrons. The van der Waals surface area contributed by atoms with Gasteiger partial charge < -0.3 is 4.90 Å². The van der Waals surface area contributed by atoms with Gasteiger partial charge in [-0.05, 0) is 48.9 Å². The lowest BCUT2D eigenvalue weighted by Gasteiger charge is -2.34. The molecule has 6 nitrogen and oxygen atoms in total. The SMILES string of the molecule is Cc1nn(-c2ccccc2)c2c1[C@H](c1ccccn1)N1C(=N2)N(Cc2ccccc2)c2ccccc21. The van der Waals surface area contributed by atoms with Gasteiger partial charge in [0.2, 0.25) is 5.96 Å². The van der Waals surface area contributed by atoms with Crippen LogP contribution in [0, 0.1) is 6.92 Å². The second kappa shape index (κ2) is 8.20. The number of pyridine rings is 1. The molecular weight excluding hydrogens is 444 g/mol. The van der Waals surface area contributed by atoms with Crippen molar-refractivity contribution in [2.45, 2.75) is 19.5 Å². The van der Waals surface area contributed by atoms with E-state index in [9.17, 15) is 0 Å². The van der Waals surface area contributed by atoms with Gasteiger partial charge in [0.1, 0.15) is 6.04 Å². The van der Waals surface area contributed by atoms with E-state index in [1.54, 1.807) is 0 Å². The zero-order valence-corrected chi connectivity index (χ0v) is 19.9. The quantitative estimate of drug-likeness (QED) is 0.315. The molecule has 6 heteroatoms. The third kappa shape index (κ3) is 3.15. The number of aromatic nitrogens is 3. The van der Waals surface area contributed by atoms with Crippen molar-refractivity contribution in [3.05, 3.63) is 132 Å².